The molecule has 26 nitrogen and oxygen atoms in total. The van der Waals surface area contributed by atoms with Crippen LogP contribution >= 0.6 is 0 Å². The van der Waals surface area contributed by atoms with E-state index in [4.69, 9.17) is 23.7 Å². The average Bonchev–Trinajstić information content (AvgIpc) is 1.10. The van der Waals surface area contributed by atoms with Crippen LogP contribution in [0.1, 0.15) is 153 Å². The zero-order chi connectivity index (χ0) is 78.7. The first-order valence-corrected chi connectivity index (χ1v) is 38.8. The van der Waals surface area contributed by atoms with Gasteiger partial charge in [-0.2, -0.15) is 30.4 Å². The Morgan fingerprint density at radius 2 is 1.07 bits per heavy atom. The van der Waals surface area contributed by atoms with E-state index < -0.39 is 65.5 Å². The Hall–Kier alpha value is -10.4. The smallest absolute Gasteiger partial charge is 0.281 e. The molecule has 0 saturated carbocycles. The number of halogens is 2. The number of benzene rings is 2. The molecule has 2 aromatic carbocycles. The van der Waals surface area contributed by atoms with E-state index in [9.17, 15) is 48.4 Å². The molecule has 9 rings (SSSR count). The Morgan fingerprint density at radius 1 is 0.570 bits per heavy atom. The van der Waals surface area contributed by atoms with Crippen molar-refractivity contribution < 1.29 is 80.7 Å². The molecule has 9 aromatic rings. The molecule has 1 unspecified atom stereocenters. The van der Waals surface area contributed by atoms with Crippen LogP contribution in [-0.2, 0) is 41.2 Å². The number of nitrogens with zero attached hydrogens (tertiary/aromatic N) is 8. The molecular formula is C76H104F2N12O14S3. The lowest BCUT2D eigenvalue weighted by molar-refractivity contribution is 0.0624. The molecule has 0 radical (unpaired) electrons. The summed E-state index contributed by atoms with van der Waals surface area (Å²) in [4.78, 5) is 66.9. The number of aromatic nitrogens is 8. The van der Waals surface area contributed by atoms with Gasteiger partial charge < -0.3 is 28.6 Å². The normalized spacial score (nSPS) is 12.0. The van der Waals surface area contributed by atoms with Gasteiger partial charge in [-0.05, 0) is 183 Å². The summed E-state index contributed by atoms with van der Waals surface area (Å²) in [6, 6.07) is 31.6. The highest BCUT2D eigenvalue weighted by Crippen LogP contribution is 2.32. The number of hydrogen-bond donors (Lipinski definition) is 4. The van der Waals surface area contributed by atoms with E-state index in [1.807, 2.05) is 73.1 Å². The van der Waals surface area contributed by atoms with E-state index in [0.29, 0.717) is 101 Å². The summed E-state index contributed by atoms with van der Waals surface area (Å²) in [7, 11) is -10.7. The number of ether oxygens (including phenoxy) is 5. The molecule has 0 aliphatic carbocycles. The second kappa shape index (κ2) is 37.2. The zero-order valence-corrected chi connectivity index (χ0v) is 65.1. The number of amides is 3. The third-order valence-corrected chi connectivity index (χ3v) is 18.9. The quantitative estimate of drug-likeness (QED) is 0.0338. The molecule has 0 aliphatic rings. The van der Waals surface area contributed by atoms with Crippen molar-refractivity contribution in [3.8, 4) is 57.0 Å². The second-order valence-corrected chi connectivity index (χ2v) is 32.3. The van der Waals surface area contributed by atoms with E-state index in [0.717, 1.165) is 5.56 Å². The summed E-state index contributed by atoms with van der Waals surface area (Å²) in [5, 5.41) is 5.21. The Morgan fingerprint density at radius 3 is 1.55 bits per heavy atom. The topological polar surface area (TPSA) is 345 Å². The molecule has 0 saturated heterocycles. The predicted octanol–water partition coefficient (Wildman–Crippen LogP) is 14.4. The first-order chi connectivity index (χ1) is 50.3. The fourth-order valence-electron chi connectivity index (χ4n) is 9.60. The molecule has 0 aliphatic heterocycles. The van der Waals surface area contributed by atoms with Crippen LogP contribution in [0, 0.1) is 42.7 Å². The van der Waals surface area contributed by atoms with Gasteiger partial charge >= 0.3 is 0 Å². The van der Waals surface area contributed by atoms with Crippen molar-refractivity contribution in [2.45, 2.75) is 150 Å². The molecule has 1 atom stereocenters. The largest absolute Gasteiger partial charge is 0.493 e. The van der Waals surface area contributed by atoms with Crippen molar-refractivity contribution in [3.05, 3.63) is 185 Å². The highest BCUT2D eigenvalue weighted by atomic mass is 32.2. The lowest BCUT2D eigenvalue weighted by atomic mass is 9.89. The van der Waals surface area contributed by atoms with Gasteiger partial charge in [-0.25, -0.2) is 47.9 Å². The minimum Gasteiger partial charge on any atom is -0.493 e. The van der Waals surface area contributed by atoms with Gasteiger partial charge in [-0.15, -0.1) is 0 Å². The van der Waals surface area contributed by atoms with Gasteiger partial charge in [0.2, 0.25) is 11.8 Å². The number of nitrogens with one attached hydrogen (secondary N) is 4. The van der Waals surface area contributed by atoms with Crippen LogP contribution in [0.5, 0.6) is 23.3 Å². The Kier molecular flexibility index (Phi) is 29.2. The molecule has 7 aromatic heterocycles. The lowest BCUT2D eigenvalue weighted by Crippen LogP contribution is -2.34. The number of rotatable bonds is 29. The van der Waals surface area contributed by atoms with Crippen molar-refractivity contribution in [2.75, 3.05) is 38.4 Å². The summed E-state index contributed by atoms with van der Waals surface area (Å²) in [6.45, 7) is 30.3. The molecule has 107 heavy (non-hydrogen) atoms. The fourth-order valence-corrected chi connectivity index (χ4v) is 12.4. The van der Waals surface area contributed by atoms with Crippen LogP contribution < -0.4 is 38.0 Å². The summed E-state index contributed by atoms with van der Waals surface area (Å²) in [5.41, 5.74) is 4.49. The number of anilines is 1. The number of aryl methyl sites for hydroxylation is 3. The van der Waals surface area contributed by atoms with Crippen molar-refractivity contribution in [1.82, 2.24) is 54.3 Å². The summed E-state index contributed by atoms with van der Waals surface area (Å²) < 4.78 is 139. The Labute approximate surface area is 633 Å². The Bertz CT molecular complexity index is 4940. The van der Waals surface area contributed by atoms with Crippen molar-refractivity contribution in [2.24, 2.45) is 17.3 Å². The van der Waals surface area contributed by atoms with E-state index in [1.54, 1.807) is 93.5 Å². The highest BCUT2D eigenvalue weighted by Gasteiger charge is 2.29. The van der Waals surface area contributed by atoms with Gasteiger partial charge in [0.05, 0.1) is 66.0 Å². The van der Waals surface area contributed by atoms with Gasteiger partial charge in [0, 0.05) is 80.7 Å². The van der Waals surface area contributed by atoms with Crippen LogP contribution in [0.15, 0.2) is 155 Å². The standard InChI is InChI=1S/C27H32FN3O6S.C25H31FN4O4S.C24H29N5O4S.6H2/c1-6-35-16-19(5)37-27-23(26(32)31-38(33,34)25-9-7-8-18(4)29-25)10-11-24(30-27)20-12-21(28)14-22(13-20)36-15-17(2)3;1-16(2)15-34-19-13-17(12-18(26)14-19)21-7-6-20(22(28-21)8-10-25(3,4)5)24(31)30-35(32,33)23-9-11-27-29-23;1-15(2)29(6)23-19(24(30)28-34(31,32)22-9-7-8-17(5)26-22)11-12-20(27-23)18-10-13-21(25-14-18)33-16(3)4;;;;;;/h7-14,17,19H,6,15-16H2,1-5H3,(H,31,32);6-7,9,11-14,16H,8,10,15H2,1-5H3,(H,27,29)(H,30,31);7-16H,1-6H3,(H,28,30);6*1H. The maximum atomic E-state index is 14.4. The summed E-state index contributed by atoms with van der Waals surface area (Å²) in [6.07, 6.45) is 3.54. The molecule has 0 bridgehead atoms. The number of pyridine rings is 6. The molecule has 7 heterocycles. The molecule has 0 spiro atoms. The predicted molar refractivity (Wildman–Crippen MR) is 414 cm³/mol. The SMILES string of the molecule is CC(C)COc1cc(F)cc(-c2ccc(C(=O)NS(=O)(=O)c3ccn[nH]3)c(CCC(C)(C)C)n2)c1.CCOCC(C)Oc1nc(-c2cc(F)cc(OCC(C)C)c2)ccc1C(=O)NS(=O)(=O)c1cccc(C)n1.Cc1cccc(S(=O)(=O)NC(=O)c2ccc(-c3ccc(OC(C)C)nc3)nc2N(C)C(C)C)n1.[HH].[HH].[HH].[HH].[HH].[HH]. The zero-order valence-electron chi connectivity index (χ0n) is 62.7. The summed E-state index contributed by atoms with van der Waals surface area (Å²) in [5.74, 6) is -1.56. The van der Waals surface area contributed by atoms with Crippen molar-refractivity contribution >= 4 is 53.6 Å². The fraction of sp³-hybridized carbons (Fsp3) is 0.368. The van der Waals surface area contributed by atoms with E-state index in [-0.39, 0.29) is 82.2 Å². The lowest BCUT2D eigenvalue weighted by Gasteiger charge is -2.25. The van der Waals surface area contributed by atoms with Crippen molar-refractivity contribution in [1.29, 1.82) is 0 Å². The minimum atomic E-state index is -4.26. The number of H-pyrrole nitrogens is 1. The minimum absolute atomic E-state index is 0. The maximum absolute atomic E-state index is 14.4. The van der Waals surface area contributed by atoms with Gasteiger partial charge in [0.15, 0.2) is 15.1 Å². The van der Waals surface area contributed by atoms with Crippen LogP contribution in [0.4, 0.5) is 14.6 Å². The third kappa shape index (κ3) is 25.1. The first-order valence-electron chi connectivity index (χ1n) is 34.4. The molecular weight excluding hydrogens is 1440 g/mol. The average molecular weight is 1540 g/mol. The number of sulfonamides is 3. The van der Waals surface area contributed by atoms with Gasteiger partial charge in [0.1, 0.15) is 40.6 Å². The van der Waals surface area contributed by atoms with Gasteiger partial charge in [0.25, 0.3) is 47.8 Å². The van der Waals surface area contributed by atoms with Gasteiger partial charge in [-0.1, -0.05) is 60.6 Å². The Balaban J connectivity index is 0.000000827. The highest BCUT2D eigenvalue weighted by molar-refractivity contribution is 7.90. The second-order valence-electron chi connectivity index (χ2n) is 27.4. The molecule has 3 amide bonds. The van der Waals surface area contributed by atoms with Crippen LogP contribution in [0.2, 0.25) is 0 Å². The number of aromatic amines is 1. The number of carbonyl (C=O) groups is 3. The molecule has 31 heteroatoms. The van der Waals surface area contributed by atoms with E-state index in [2.05, 4.69) is 70.3 Å². The maximum Gasteiger partial charge on any atom is 0.281 e. The third-order valence-electron chi connectivity index (χ3n) is 15.1. The molecule has 584 valence electrons. The van der Waals surface area contributed by atoms with E-state index >= 15 is 0 Å². The number of hydrogen-bond acceptors (Lipinski definition) is 22. The van der Waals surface area contributed by atoms with E-state index in [1.165, 1.54) is 72.9 Å². The summed E-state index contributed by atoms with van der Waals surface area (Å²) >= 11 is 0. The van der Waals surface area contributed by atoms with Crippen LogP contribution in [-0.4, -0.2) is 135 Å². The van der Waals surface area contributed by atoms with Crippen LogP contribution in [0.3, 0.4) is 0 Å². The molecule has 4 N–H and O–H groups in total. The van der Waals surface area contributed by atoms with Gasteiger partial charge in [-0.3, -0.25) is 24.5 Å². The van der Waals surface area contributed by atoms with Crippen LogP contribution in [0.25, 0.3) is 33.8 Å². The number of carbonyl (C=O) groups excluding carboxylic acids is 3. The monoisotopic (exact) mass is 1540 g/mol. The van der Waals surface area contributed by atoms with Crippen molar-refractivity contribution in [3.63, 3.8) is 0 Å². The molecule has 0 fully saturated rings. The first kappa shape index (κ1) is 83.9.